The molecule has 0 amide bonds. The van der Waals surface area contributed by atoms with Crippen molar-refractivity contribution in [3.8, 4) is 0 Å². The van der Waals surface area contributed by atoms with E-state index in [2.05, 4.69) is 50.3 Å². The Hall–Kier alpha value is -1.04. The number of allylic oxidation sites excluding steroid dienone is 2. The maximum absolute atomic E-state index is 2.61. The van der Waals surface area contributed by atoms with Crippen LogP contribution < -0.4 is 0 Å². The van der Waals surface area contributed by atoms with Crippen molar-refractivity contribution in [1.82, 2.24) is 0 Å². The van der Waals surface area contributed by atoms with Crippen LogP contribution in [0.15, 0.2) is 36.4 Å². The molecule has 138 valence electrons. The first kappa shape index (κ1) is 18.7. The van der Waals surface area contributed by atoms with Gasteiger partial charge in [0.15, 0.2) is 0 Å². The van der Waals surface area contributed by atoms with Gasteiger partial charge in [-0.1, -0.05) is 69.5 Å². The quantitative estimate of drug-likeness (QED) is 0.447. The van der Waals surface area contributed by atoms with Gasteiger partial charge in [0.2, 0.25) is 0 Å². The molecule has 0 N–H and O–H groups in total. The van der Waals surface area contributed by atoms with Crippen molar-refractivity contribution < 1.29 is 0 Å². The average molecular weight is 339 g/mol. The molecule has 2 atom stereocenters. The molecule has 0 heterocycles. The fraction of sp³-hybridized carbons (Fsp3) is 0.680. The van der Waals surface area contributed by atoms with E-state index < -0.39 is 0 Å². The molecule has 1 saturated carbocycles. The van der Waals surface area contributed by atoms with Gasteiger partial charge in [-0.05, 0) is 86.2 Å². The molecule has 0 spiro atoms. The lowest BCUT2D eigenvalue weighted by Crippen LogP contribution is -2.22. The van der Waals surface area contributed by atoms with Crippen molar-refractivity contribution in [2.75, 3.05) is 0 Å². The number of rotatable bonds is 7. The molecule has 0 heteroatoms. The molecule has 2 aliphatic carbocycles. The van der Waals surface area contributed by atoms with Crippen molar-refractivity contribution in [3.63, 3.8) is 0 Å². The van der Waals surface area contributed by atoms with E-state index in [-0.39, 0.29) is 0 Å². The molecule has 1 aromatic rings. The monoisotopic (exact) mass is 338 g/mol. The number of aryl methyl sites for hydroxylation is 1. The lowest BCUT2D eigenvalue weighted by atomic mass is 9.70. The van der Waals surface area contributed by atoms with Gasteiger partial charge in [-0.15, -0.1) is 0 Å². The van der Waals surface area contributed by atoms with Crippen molar-refractivity contribution in [2.24, 2.45) is 17.8 Å². The number of benzene rings is 1. The van der Waals surface area contributed by atoms with Crippen LogP contribution in [0.1, 0.15) is 95.1 Å². The van der Waals surface area contributed by atoms with E-state index in [1.807, 2.05) is 0 Å². The Labute approximate surface area is 156 Å². The third-order valence-corrected chi connectivity index (χ3v) is 6.80. The van der Waals surface area contributed by atoms with Crippen molar-refractivity contribution in [2.45, 2.75) is 90.4 Å². The average Bonchev–Trinajstić information content (AvgIpc) is 2.68. The molecule has 0 bridgehead atoms. The van der Waals surface area contributed by atoms with Gasteiger partial charge >= 0.3 is 0 Å². The summed E-state index contributed by atoms with van der Waals surface area (Å²) in [6.07, 6.45) is 20.4. The van der Waals surface area contributed by atoms with Gasteiger partial charge in [0.05, 0.1) is 0 Å². The standard InChI is InChI=1S/C25H38/c1-3-5-7-21-10-14-23(15-11-21)25-18-16-24(17-19-25)22-12-8-20(6-4-2)9-13-22/h8-10,12-14,21,23-25H,3-7,11,15-19H2,1-2H3. The fourth-order valence-corrected chi connectivity index (χ4v) is 5.12. The number of hydrogen-bond donors (Lipinski definition) is 0. The molecule has 1 fully saturated rings. The van der Waals surface area contributed by atoms with Gasteiger partial charge in [-0.3, -0.25) is 0 Å². The predicted octanol–water partition coefficient (Wildman–Crippen LogP) is 7.69. The lowest BCUT2D eigenvalue weighted by molar-refractivity contribution is 0.239. The first-order chi connectivity index (χ1) is 12.3. The molecule has 0 aliphatic heterocycles. The van der Waals surface area contributed by atoms with Crippen molar-refractivity contribution in [1.29, 1.82) is 0 Å². The highest BCUT2D eigenvalue weighted by Gasteiger charge is 2.28. The second-order valence-electron chi connectivity index (χ2n) is 8.63. The minimum absolute atomic E-state index is 0.816. The maximum Gasteiger partial charge on any atom is -0.0162 e. The summed E-state index contributed by atoms with van der Waals surface area (Å²) in [4.78, 5) is 0. The molecule has 0 aromatic heterocycles. The van der Waals surface area contributed by atoms with E-state index in [0.717, 1.165) is 23.7 Å². The highest BCUT2D eigenvalue weighted by atomic mass is 14.3. The first-order valence-corrected chi connectivity index (χ1v) is 11.1. The molecular formula is C25H38. The predicted molar refractivity (Wildman–Crippen MR) is 110 cm³/mol. The Balaban J connectivity index is 1.47. The maximum atomic E-state index is 2.61. The lowest BCUT2D eigenvalue weighted by Gasteiger charge is -2.35. The second kappa shape index (κ2) is 9.60. The largest absolute Gasteiger partial charge is 0.0851 e. The fourth-order valence-electron chi connectivity index (χ4n) is 5.12. The summed E-state index contributed by atoms with van der Waals surface area (Å²) in [7, 11) is 0. The van der Waals surface area contributed by atoms with E-state index in [1.165, 1.54) is 76.2 Å². The molecule has 2 unspecified atom stereocenters. The highest BCUT2D eigenvalue weighted by molar-refractivity contribution is 5.26. The SMILES string of the molecule is CCCCC1C=CC(C2CCC(c3ccc(CCC)cc3)CC2)CC1. The molecule has 0 nitrogen and oxygen atoms in total. The van der Waals surface area contributed by atoms with Gasteiger partial charge in [0.1, 0.15) is 0 Å². The highest BCUT2D eigenvalue weighted by Crippen LogP contribution is 2.42. The summed E-state index contributed by atoms with van der Waals surface area (Å²) in [5.41, 5.74) is 3.10. The molecule has 1 aromatic carbocycles. The van der Waals surface area contributed by atoms with Crippen LogP contribution in [0.3, 0.4) is 0 Å². The Morgan fingerprint density at radius 2 is 1.56 bits per heavy atom. The zero-order valence-corrected chi connectivity index (χ0v) is 16.6. The first-order valence-electron chi connectivity index (χ1n) is 11.1. The molecule has 0 radical (unpaired) electrons. The normalized spacial score (nSPS) is 29.7. The van der Waals surface area contributed by atoms with E-state index >= 15 is 0 Å². The summed E-state index contributed by atoms with van der Waals surface area (Å²) in [6, 6.07) is 9.56. The molecular weight excluding hydrogens is 300 g/mol. The summed E-state index contributed by atoms with van der Waals surface area (Å²) in [6.45, 7) is 4.58. The van der Waals surface area contributed by atoms with Crippen LogP contribution in [0.4, 0.5) is 0 Å². The third-order valence-electron chi connectivity index (χ3n) is 6.80. The van der Waals surface area contributed by atoms with Gasteiger partial charge in [0, 0.05) is 0 Å². The Kier molecular flexibility index (Phi) is 7.20. The van der Waals surface area contributed by atoms with Crippen molar-refractivity contribution >= 4 is 0 Å². The minimum atomic E-state index is 0.816. The zero-order valence-electron chi connectivity index (χ0n) is 16.6. The Morgan fingerprint density at radius 3 is 2.16 bits per heavy atom. The van der Waals surface area contributed by atoms with Gasteiger partial charge < -0.3 is 0 Å². The Morgan fingerprint density at radius 1 is 0.800 bits per heavy atom. The molecule has 0 saturated heterocycles. The van der Waals surface area contributed by atoms with E-state index in [1.54, 1.807) is 5.56 Å². The van der Waals surface area contributed by atoms with E-state index in [0.29, 0.717) is 0 Å². The molecule has 2 aliphatic rings. The smallest absolute Gasteiger partial charge is 0.0162 e. The summed E-state index contributed by atoms with van der Waals surface area (Å²) in [5.74, 6) is 3.54. The van der Waals surface area contributed by atoms with Crippen LogP contribution in [0.25, 0.3) is 0 Å². The second-order valence-corrected chi connectivity index (χ2v) is 8.63. The number of unbranched alkanes of at least 4 members (excludes halogenated alkanes) is 1. The van der Waals surface area contributed by atoms with Crippen LogP contribution in [0.2, 0.25) is 0 Å². The number of hydrogen-bond acceptors (Lipinski definition) is 0. The van der Waals surface area contributed by atoms with Crippen LogP contribution >= 0.6 is 0 Å². The van der Waals surface area contributed by atoms with Gasteiger partial charge in [-0.25, -0.2) is 0 Å². The topological polar surface area (TPSA) is 0 Å². The summed E-state index contributed by atoms with van der Waals surface area (Å²) in [5, 5.41) is 0. The Bertz CT molecular complexity index is 515. The van der Waals surface area contributed by atoms with Crippen LogP contribution in [0.5, 0.6) is 0 Å². The van der Waals surface area contributed by atoms with E-state index in [4.69, 9.17) is 0 Å². The van der Waals surface area contributed by atoms with E-state index in [9.17, 15) is 0 Å². The third kappa shape index (κ3) is 5.22. The van der Waals surface area contributed by atoms with Crippen LogP contribution in [0, 0.1) is 17.8 Å². The molecule has 3 rings (SSSR count). The van der Waals surface area contributed by atoms with Gasteiger partial charge in [0.25, 0.3) is 0 Å². The summed E-state index contributed by atoms with van der Waals surface area (Å²) < 4.78 is 0. The van der Waals surface area contributed by atoms with Gasteiger partial charge in [-0.2, -0.15) is 0 Å². The van der Waals surface area contributed by atoms with Crippen LogP contribution in [-0.4, -0.2) is 0 Å². The minimum Gasteiger partial charge on any atom is -0.0851 e. The zero-order chi connectivity index (χ0) is 17.5. The molecule has 25 heavy (non-hydrogen) atoms. The van der Waals surface area contributed by atoms with Crippen LogP contribution in [-0.2, 0) is 6.42 Å². The summed E-state index contributed by atoms with van der Waals surface area (Å²) >= 11 is 0. The van der Waals surface area contributed by atoms with Crippen molar-refractivity contribution in [3.05, 3.63) is 47.5 Å².